The van der Waals surface area contributed by atoms with E-state index in [4.69, 9.17) is 14.9 Å². The summed E-state index contributed by atoms with van der Waals surface area (Å²) in [6.07, 6.45) is -3.94. The number of ketones is 1. The molecule has 0 amide bonds. The van der Waals surface area contributed by atoms with Gasteiger partial charge >= 0.3 is 5.97 Å². The number of ether oxygens (including phenoxy) is 2. The Morgan fingerprint density at radius 3 is 2.71 bits per heavy atom. The van der Waals surface area contributed by atoms with E-state index in [0.29, 0.717) is 0 Å². The van der Waals surface area contributed by atoms with Crippen LogP contribution in [0, 0.1) is 0 Å². The lowest BCUT2D eigenvalue weighted by Gasteiger charge is -2.12. The van der Waals surface area contributed by atoms with Gasteiger partial charge < -0.3 is 19.7 Å². The van der Waals surface area contributed by atoms with E-state index >= 15 is 0 Å². The van der Waals surface area contributed by atoms with Crippen LogP contribution in [0.25, 0.3) is 0 Å². The Hall–Kier alpha value is -0.980. The van der Waals surface area contributed by atoms with Gasteiger partial charge in [0.2, 0.25) is 11.9 Å². The molecule has 0 saturated carbocycles. The minimum absolute atomic E-state index is 0.202. The quantitative estimate of drug-likeness (QED) is 0.416. The van der Waals surface area contributed by atoms with E-state index in [1.807, 2.05) is 0 Å². The van der Waals surface area contributed by atoms with Crippen molar-refractivity contribution >= 4 is 11.8 Å². The van der Waals surface area contributed by atoms with E-state index in [0.717, 1.165) is 0 Å². The Balaban J connectivity index is 2.68. The summed E-state index contributed by atoms with van der Waals surface area (Å²) >= 11 is 0. The Morgan fingerprint density at radius 1 is 1.57 bits per heavy atom. The van der Waals surface area contributed by atoms with Gasteiger partial charge in [0.25, 0.3) is 0 Å². The van der Waals surface area contributed by atoms with Gasteiger partial charge in [-0.2, -0.15) is 0 Å². The number of hydrogen-bond donors (Lipinski definition) is 2. The van der Waals surface area contributed by atoms with Crippen molar-refractivity contribution in [2.24, 2.45) is 0 Å². The molecule has 1 aliphatic rings. The molecule has 3 atom stereocenters. The number of carbonyl (C=O) groups excluding carboxylic acids is 2. The van der Waals surface area contributed by atoms with Crippen LogP contribution in [0.5, 0.6) is 0 Å². The molecule has 0 aromatic heterocycles. The van der Waals surface area contributed by atoms with Crippen molar-refractivity contribution in [1.82, 2.24) is 0 Å². The highest BCUT2D eigenvalue weighted by Crippen LogP contribution is 2.17. The fourth-order valence-corrected chi connectivity index (χ4v) is 1.19. The van der Waals surface area contributed by atoms with Crippen LogP contribution >= 0.6 is 0 Å². The Morgan fingerprint density at radius 2 is 2.21 bits per heavy atom. The van der Waals surface area contributed by atoms with Crippen molar-refractivity contribution < 1.29 is 29.3 Å². The first-order chi connectivity index (χ1) is 6.61. The number of hydrogen-bond acceptors (Lipinski definition) is 6. The normalized spacial score (nSPS) is 29.1. The molecule has 0 aromatic rings. The first-order valence-corrected chi connectivity index (χ1v) is 4.26. The van der Waals surface area contributed by atoms with Gasteiger partial charge in [0.15, 0.2) is 6.10 Å². The van der Waals surface area contributed by atoms with E-state index in [-0.39, 0.29) is 6.61 Å². The lowest BCUT2D eigenvalue weighted by Crippen LogP contribution is -2.37. The van der Waals surface area contributed by atoms with Crippen LogP contribution in [0.1, 0.15) is 6.92 Å². The maximum absolute atomic E-state index is 11.4. The molecule has 1 rings (SSSR count). The molecule has 6 nitrogen and oxygen atoms in total. The molecule has 1 aliphatic heterocycles. The second kappa shape index (κ2) is 4.50. The van der Waals surface area contributed by atoms with Crippen LogP contribution < -0.4 is 0 Å². The molecular weight excluding hydrogens is 192 g/mol. The number of rotatable bonds is 4. The first-order valence-electron chi connectivity index (χ1n) is 4.26. The van der Waals surface area contributed by atoms with Crippen molar-refractivity contribution in [2.75, 3.05) is 13.2 Å². The fraction of sp³-hybridized carbons (Fsp3) is 0.750. The van der Waals surface area contributed by atoms with Crippen LogP contribution in [-0.2, 0) is 19.1 Å². The molecule has 6 heteroatoms. The van der Waals surface area contributed by atoms with Gasteiger partial charge in [0.05, 0.1) is 6.61 Å². The summed E-state index contributed by atoms with van der Waals surface area (Å²) in [4.78, 5) is 22.4. The monoisotopic (exact) mass is 204 g/mol. The Labute approximate surface area is 80.4 Å². The third kappa shape index (κ3) is 1.92. The number of aliphatic hydroxyl groups excluding tert-OH is 2. The van der Waals surface area contributed by atoms with Gasteiger partial charge in [-0.05, 0) is 6.92 Å². The third-order valence-corrected chi connectivity index (χ3v) is 1.87. The average Bonchev–Trinajstić information content (AvgIpc) is 2.45. The first kappa shape index (κ1) is 11.1. The molecule has 0 aliphatic carbocycles. The summed E-state index contributed by atoms with van der Waals surface area (Å²) in [5.41, 5.74) is 0. The summed E-state index contributed by atoms with van der Waals surface area (Å²) in [5.74, 6) is -1.45. The van der Waals surface area contributed by atoms with E-state index in [1.54, 1.807) is 6.92 Å². The number of carbonyl (C=O) groups is 2. The van der Waals surface area contributed by atoms with E-state index in [2.05, 4.69) is 4.74 Å². The molecule has 0 unspecified atom stereocenters. The number of cyclic esters (lactones) is 1. The Bertz CT molecular complexity index is 238. The van der Waals surface area contributed by atoms with Gasteiger partial charge in [-0.1, -0.05) is 0 Å². The lowest BCUT2D eigenvalue weighted by atomic mass is 10.1. The fourth-order valence-electron chi connectivity index (χ4n) is 1.19. The molecule has 0 radical (unpaired) electrons. The van der Waals surface area contributed by atoms with Gasteiger partial charge in [-0.25, -0.2) is 4.79 Å². The number of aliphatic hydroxyl groups is 2. The lowest BCUT2D eigenvalue weighted by molar-refractivity contribution is -0.153. The second-order valence-electron chi connectivity index (χ2n) is 2.85. The molecule has 1 saturated heterocycles. The van der Waals surface area contributed by atoms with Crippen molar-refractivity contribution in [3.05, 3.63) is 0 Å². The highest BCUT2D eigenvalue weighted by Gasteiger charge is 2.47. The molecule has 1 fully saturated rings. The minimum atomic E-state index is -1.38. The van der Waals surface area contributed by atoms with Crippen LogP contribution in [0.3, 0.4) is 0 Å². The molecule has 0 spiro atoms. The molecule has 2 N–H and O–H groups in total. The predicted octanol–water partition coefficient (Wildman–Crippen LogP) is -1.76. The van der Waals surface area contributed by atoms with Crippen LogP contribution in [0.15, 0.2) is 0 Å². The largest absolute Gasteiger partial charge is 0.449 e. The molecule has 80 valence electrons. The highest BCUT2D eigenvalue weighted by molar-refractivity contribution is 6.09. The predicted molar refractivity (Wildman–Crippen MR) is 43.4 cm³/mol. The van der Waals surface area contributed by atoms with Crippen molar-refractivity contribution in [3.63, 3.8) is 0 Å². The Kier molecular flexibility index (Phi) is 3.56. The smallest absolute Gasteiger partial charge is 0.344 e. The zero-order valence-corrected chi connectivity index (χ0v) is 7.67. The minimum Gasteiger partial charge on any atom is -0.449 e. The van der Waals surface area contributed by atoms with Crippen molar-refractivity contribution in [2.45, 2.75) is 25.2 Å². The third-order valence-electron chi connectivity index (χ3n) is 1.87. The topological polar surface area (TPSA) is 93.1 Å². The van der Waals surface area contributed by atoms with Gasteiger partial charge in [0, 0.05) is 6.61 Å². The van der Waals surface area contributed by atoms with Crippen molar-refractivity contribution in [3.8, 4) is 0 Å². The molecule has 14 heavy (non-hydrogen) atoms. The van der Waals surface area contributed by atoms with Gasteiger partial charge in [-0.15, -0.1) is 0 Å². The summed E-state index contributed by atoms with van der Waals surface area (Å²) in [5, 5.41) is 17.7. The molecule has 1 heterocycles. The summed E-state index contributed by atoms with van der Waals surface area (Å²) in [6, 6.07) is 0. The van der Waals surface area contributed by atoms with E-state index in [1.165, 1.54) is 0 Å². The number of Topliss-reactive ketones (excluding diaryl/α,β-unsaturated/α-hetero) is 1. The van der Waals surface area contributed by atoms with Crippen LogP contribution in [-0.4, -0.2) is 53.5 Å². The average molecular weight is 204 g/mol. The van der Waals surface area contributed by atoms with E-state index < -0.39 is 36.7 Å². The zero-order chi connectivity index (χ0) is 10.7. The zero-order valence-electron chi connectivity index (χ0n) is 7.67. The van der Waals surface area contributed by atoms with Gasteiger partial charge in [0.1, 0.15) is 6.10 Å². The molecule has 0 bridgehead atoms. The van der Waals surface area contributed by atoms with Crippen LogP contribution in [0.2, 0.25) is 0 Å². The maximum Gasteiger partial charge on any atom is 0.344 e. The summed E-state index contributed by atoms with van der Waals surface area (Å²) in [7, 11) is 0. The van der Waals surface area contributed by atoms with Crippen molar-refractivity contribution in [1.29, 1.82) is 0 Å². The standard InChI is InChI=1S/C8H12O6/c1-2-13-7-5(11)6(4(10)3-9)14-8(7)12/h4,6-7,9-10H,2-3H2,1H3/t4-,6+,7-/m0/s1. The summed E-state index contributed by atoms with van der Waals surface area (Å²) < 4.78 is 9.40. The molecule has 0 aromatic carbocycles. The van der Waals surface area contributed by atoms with Gasteiger partial charge in [-0.3, -0.25) is 4.79 Å². The highest BCUT2D eigenvalue weighted by atomic mass is 16.6. The summed E-state index contributed by atoms with van der Waals surface area (Å²) in [6.45, 7) is 1.20. The second-order valence-corrected chi connectivity index (χ2v) is 2.85. The SMILES string of the molecule is CCO[C@@H]1C(=O)O[C@H]([C@@H](O)CO)C1=O. The number of esters is 1. The maximum atomic E-state index is 11.4. The molecular formula is C8H12O6. The van der Waals surface area contributed by atoms with Crippen LogP contribution in [0.4, 0.5) is 0 Å². The van der Waals surface area contributed by atoms with E-state index in [9.17, 15) is 9.59 Å².